The van der Waals surface area contributed by atoms with Crippen LogP contribution in [0.25, 0.3) is 0 Å². The van der Waals surface area contributed by atoms with Crippen LogP contribution in [-0.4, -0.2) is 15.4 Å². The van der Waals surface area contributed by atoms with E-state index in [4.69, 9.17) is 10.9 Å². The Labute approximate surface area is 55.8 Å². The molecule has 5 heteroatoms. The van der Waals surface area contributed by atoms with Gasteiger partial charge in [-0.25, -0.2) is 4.37 Å². The molecule has 0 saturated carbocycles. The topological polar surface area (TPSA) is 71.5 Å². The summed E-state index contributed by atoms with van der Waals surface area (Å²) in [5, 5.41) is 12.6. The van der Waals surface area contributed by atoms with E-state index in [1.54, 1.807) is 11.6 Å². The van der Waals surface area contributed by atoms with E-state index in [1.807, 2.05) is 0 Å². The van der Waals surface area contributed by atoms with Gasteiger partial charge in [0.05, 0.1) is 11.8 Å². The van der Waals surface area contributed by atoms with Gasteiger partial charge >= 0.3 is 0 Å². The molecular formula is C4H5N3OS. The number of nitrogens with zero attached hydrogens (tertiary/aromatic N) is 2. The number of amidine groups is 1. The molecule has 0 atom stereocenters. The van der Waals surface area contributed by atoms with Gasteiger partial charge in [-0.05, 0) is 11.5 Å². The van der Waals surface area contributed by atoms with E-state index in [2.05, 4.69) is 9.53 Å². The summed E-state index contributed by atoms with van der Waals surface area (Å²) in [7, 11) is 0. The van der Waals surface area contributed by atoms with Crippen LogP contribution < -0.4 is 5.73 Å². The van der Waals surface area contributed by atoms with E-state index in [0.29, 0.717) is 5.56 Å². The van der Waals surface area contributed by atoms with E-state index in [0.717, 1.165) is 0 Å². The molecule has 0 aliphatic carbocycles. The van der Waals surface area contributed by atoms with Gasteiger partial charge in [-0.15, -0.1) is 0 Å². The van der Waals surface area contributed by atoms with Crippen molar-refractivity contribution < 1.29 is 5.21 Å². The zero-order valence-corrected chi connectivity index (χ0v) is 5.30. The van der Waals surface area contributed by atoms with Gasteiger partial charge in [0.1, 0.15) is 0 Å². The first-order valence-corrected chi connectivity index (χ1v) is 3.05. The van der Waals surface area contributed by atoms with Gasteiger partial charge < -0.3 is 10.9 Å². The van der Waals surface area contributed by atoms with Crippen molar-refractivity contribution in [3.05, 3.63) is 17.1 Å². The number of aromatic nitrogens is 1. The molecule has 1 aromatic rings. The SMILES string of the molecule is N/C(=N\O)c1cnsc1. The molecule has 1 heterocycles. The lowest BCUT2D eigenvalue weighted by molar-refractivity contribution is 0.318. The Morgan fingerprint density at radius 2 is 2.67 bits per heavy atom. The Kier molecular flexibility index (Phi) is 1.64. The van der Waals surface area contributed by atoms with Gasteiger partial charge in [-0.1, -0.05) is 5.16 Å². The van der Waals surface area contributed by atoms with Crippen LogP contribution in [0.5, 0.6) is 0 Å². The fourth-order valence-electron chi connectivity index (χ4n) is 0.389. The van der Waals surface area contributed by atoms with Crippen molar-refractivity contribution in [3.8, 4) is 0 Å². The van der Waals surface area contributed by atoms with E-state index in [1.165, 1.54) is 11.5 Å². The molecule has 3 N–H and O–H groups in total. The predicted octanol–water partition coefficient (Wildman–Crippen LogP) is 0.238. The monoisotopic (exact) mass is 143 g/mol. The molecule has 0 aromatic carbocycles. The quantitative estimate of drug-likeness (QED) is 0.256. The number of nitrogens with two attached hydrogens (primary N) is 1. The van der Waals surface area contributed by atoms with Crippen LogP contribution in [0, 0.1) is 0 Å². The van der Waals surface area contributed by atoms with Crippen LogP contribution in [0.15, 0.2) is 16.7 Å². The summed E-state index contributed by atoms with van der Waals surface area (Å²) >= 11 is 1.26. The van der Waals surface area contributed by atoms with Crippen molar-refractivity contribution in [1.29, 1.82) is 0 Å². The number of hydrogen-bond donors (Lipinski definition) is 2. The maximum atomic E-state index is 8.15. The van der Waals surface area contributed by atoms with Crippen molar-refractivity contribution in [2.45, 2.75) is 0 Å². The normalized spacial score (nSPS) is 11.8. The third-order valence-electron chi connectivity index (χ3n) is 0.836. The summed E-state index contributed by atoms with van der Waals surface area (Å²) in [4.78, 5) is 0. The average molecular weight is 143 g/mol. The Balaban J connectivity index is 2.90. The van der Waals surface area contributed by atoms with Crippen molar-refractivity contribution >= 4 is 17.4 Å². The summed E-state index contributed by atoms with van der Waals surface area (Å²) in [6, 6.07) is 0. The highest BCUT2D eigenvalue weighted by Crippen LogP contribution is 1.99. The maximum Gasteiger partial charge on any atom is 0.172 e. The first kappa shape index (κ1) is 6.03. The van der Waals surface area contributed by atoms with Gasteiger partial charge in [0.2, 0.25) is 0 Å². The number of rotatable bonds is 1. The Bertz CT molecular complexity index is 206. The summed E-state index contributed by atoms with van der Waals surface area (Å²) in [6.45, 7) is 0. The molecule has 0 radical (unpaired) electrons. The van der Waals surface area contributed by atoms with Gasteiger partial charge in [-0.2, -0.15) is 0 Å². The molecule has 0 aliphatic rings. The molecule has 0 spiro atoms. The standard InChI is InChI=1S/C4H5N3OS/c5-4(7-8)3-1-6-9-2-3/h1-2,8H,(H2,5,7). The third-order valence-corrected chi connectivity index (χ3v) is 1.42. The molecule has 1 rings (SSSR count). The highest BCUT2D eigenvalue weighted by Gasteiger charge is 1.96. The van der Waals surface area contributed by atoms with E-state index >= 15 is 0 Å². The van der Waals surface area contributed by atoms with E-state index < -0.39 is 0 Å². The summed E-state index contributed by atoms with van der Waals surface area (Å²) in [5.41, 5.74) is 5.86. The van der Waals surface area contributed by atoms with Crippen LogP contribution in [0.3, 0.4) is 0 Å². The van der Waals surface area contributed by atoms with Crippen molar-refractivity contribution in [2.24, 2.45) is 10.9 Å². The average Bonchev–Trinajstić information content (AvgIpc) is 2.37. The minimum Gasteiger partial charge on any atom is -0.409 e. The number of oxime groups is 1. The Hall–Kier alpha value is -1.10. The minimum atomic E-state index is 0.101. The van der Waals surface area contributed by atoms with E-state index in [-0.39, 0.29) is 5.84 Å². The highest BCUT2D eigenvalue weighted by atomic mass is 32.1. The molecule has 0 fully saturated rings. The van der Waals surface area contributed by atoms with Gasteiger partial charge in [0, 0.05) is 5.38 Å². The second-order valence-corrected chi connectivity index (χ2v) is 2.06. The first-order chi connectivity index (χ1) is 4.34. The van der Waals surface area contributed by atoms with Crippen LogP contribution in [0.1, 0.15) is 5.56 Å². The largest absolute Gasteiger partial charge is 0.409 e. The molecule has 4 nitrogen and oxygen atoms in total. The molecule has 0 saturated heterocycles. The summed E-state index contributed by atoms with van der Waals surface area (Å²) in [6.07, 6.45) is 1.54. The van der Waals surface area contributed by atoms with Crippen LogP contribution in [-0.2, 0) is 0 Å². The molecule has 1 aromatic heterocycles. The smallest absolute Gasteiger partial charge is 0.172 e. The Morgan fingerprint density at radius 1 is 1.89 bits per heavy atom. The number of hydrogen-bond acceptors (Lipinski definition) is 4. The lowest BCUT2D eigenvalue weighted by Gasteiger charge is -1.86. The zero-order chi connectivity index (χ0) is 6.69. The van der Waals surface area contributed by atoms with Crippen LogP contribution in [0.2, 0.25) is 0 Å². The fraction of sp³-hybridized carbons (Fsp3) is 0. The predicted molar refractivity (Wildman–Crippen MR) is 34.6 cm³/mol. The lowest BCUT2D eigenvalue weighted by Crippen LogP contribution is -2.11. The van der Waals surface area contributed by atoms with Crippen LogP contribution in [0.4, 0.5) is 0 Å². The lowest BCUT2D eigenvalue weighted by atomic mass is 10.4. The van der Waals surface area contributed by atoms with Gasteiger partial charge in [-0.3, -0.25) is 0 Å². The first-order valence-electron chi connectivity index (χ1n) is 2.22. The fourth-order valence-corrected chi connectivity index (χ4v) is 0.920. The van der Waals surface area contributed by atoms with Crippen molar-refractivity contribution in [3.63, 3.8) is 0 Å². The van der Waals surface area contributed by atoms with E-state index in [9.17, 15) is 0 Å². The third kappa shape index (κ3) is 1.17. The van der Waals surface area contributed by atoms with Gasteiger partial charge in [0.15, 0.2) is 5.84 Å². The minimum absolute atomic E-state index is 0.101. The second-order valence-electron chi connectivity index (χ2n) is 1.40. The van der Waals surface area contributed by atoms with Crippen molar-refractivity contribution in [1.82, 2.24) is 4.37 Å². The maximum absolute atomic E-state index is 8.15. The van der Waals surface area contributed by atoms with Crippen LogP contribution >= 0.6 is 11.5 Å². The molecule has 0 unspecified atom stereocenters. The van der Waals surface area contributed by atoms with Gasteiger partial charge in [0.25, 0.3) is 0 Å². The van der Waals surface area contributed by atoms with Crippen molar-refractivity contribution in [2.75, 3.05) is 0 Å². The molecule has 9 heavy (non-hydrogen) atoms. The Morgan fingerprint density at radius 3 is 3.11 bits per heavy atom. The zero-order valence-electron chi connectivity index (χ0n) is 4.48. The second kappa shape index (κ2) is 2.45. The summed E-state index contributed by atoms with van der Waals surface area (Å²) < 4.78 is 3.76. The summed E-state index contributed by atoms with van der Waals surface area (Å²) in [5.74, 6) is 0.101. The molecule has 48 valence electrons. The molecular weight excluding hydrogens is 138 g/mol. The highest BCUT2D eigenvalue weighted by molar-refractivity contribution is 7.03. The molecule has 0 amide bonds. The molecule has 0 bridgehead atoms. The molecule has 0 aliphatic heterocycles.